The Balaban J connectivity index is 2.60. The number of rotatable bonds is 5. The molecule has 0 heterocycles. The van der Waals surface area contributed by atoms with Crippen LogP contribution in [0.15, 0.2) is 24.3 Å². The van der Waals surface area contributed by atoms with Crippen molar-refractivity contribution >= 4 is 17.5 Å². The van der Waals surface area contributed by atoms with Crippen LogP contribution in [-0.2, 0) is 4.79 Å². The highest BCUT2D eigenvalue weighted by molar-refractivity contribution is 6.30. The van der Waals surface area contributed by atoms with Gasteiger partial charge in [-0.25, -0.2) is 0 Å². The van der Waals surface area contributed by atoms with E-state index in [4.69, 9.17) is 17.3 Å². The first-order chi connectivity index (χ1) is 8.04. The Morgan fingerprint density at radius 1 is 1.53 bits per heavy atom. The summed E-state index contributed by atoms with van der Waals surface area (Å²) in [6.45, 7) is 3.93. The van der Waals surface area contributed by atoms with Crippen molar-refractivity contribution in [2.75, 3.05) is 0 Å². The molecule has 17 heavy (non-hydrogen) atoms. The van der Waals surface area contributed by atoms with E-state index < -0.39 is 6.04 Å². The fourth-order valence-corrected chi connectivity index (χ4v) is 1.82. The number of carbonyl (C=O) groups excluding carboxylic acids is 1. The van der Waals surface area contributed by atoms with Crippen LogP contribution in [0.5, 0.6) is 0 Å². The maximum atomic E-state index is 11.7. The van der Waals surface area contributed by atoms with Gasteiger partial charge in [0, 0.05) is 5.02 Å². The zero-order valence-corrected chi connectivity index (χ0v) is 11.0. The van der Waals surface area contributed by atoms with Crippen molar-refractivity contribution in [3.8, 4) is 0 Å². The Kier molecular flexibility index (Phi) is 5.45. The molecular weight excluding hydrogens is 236 g/mol. The van der Waals surface area contributed by atoms with Crippen molar-refractivity contribution in [3.05, 3.63) is 34.9 Å². The minimum absolute atomic E-state index is 0.0795. The lowest BCUT2D eigenvalue weighted by Crippen LogP contribution is -2.41. The molecule has 2 atom stereocenters. The zero-order valence-electron chi connectivity index (χ0n) is 10.2. The first kappa shape index (κ1) is 14.0. The van der Waals surface area contributed by atoms with Crippen LogP contribution >= 0.6 is 11.6 Å². The first-order valence-electron chi connectivity index (χ1n) is 5.86. The average molecular weight is 255 g/mol. The van der Waals surface area contributed by atoms with Gasteiger partial charge in [-0.3, -0.25) is 4.79 Å². The molecule has 4 heteroatoms. The second kappa shape index (κ2) is 6.62. The van der Waals surface area contributed by atoms with Gasteiger partial charge in [0.05, 0.1) is 12.1 Å². The molecule has 1 amide bonds. The maximum Gasteiger partial charge on any atom is 0.237 e. The molecule has 0 aliphatic rings. The number of hydrogen-bond acceptors (Lipinski definition) is 2. The van der Waals surface area contributed by atoms with Gasteiger partial charge in [0.2, 0.25) is 5.91 Å². The van der Waals surface area contributed by atoms with Crippen LogP contribution in [0, 0.1) is 0 Å². The lowest BCUT2D eigenvalue weighted by Gasteiger charge is -2.17. The fourth-order valence-electron chi connectivity index (χ4n) is 1.62. The van der Waals surface area contributed by atoms with Crippen LogP contribution in [-0.4, -0.2) is 11.9 Å². The Morgan fingerprint density at radius 2 is 2.24 bits per heavy atom. The maximum absolute atomic E-state index is 11.7. The summed E-state index contributed by atoms with van der Waals surface area (Å²) >= 11 is 5.90. The summed E-state index contributed by atoms with van der Waals surface area (Å²) in [6.07, 6.45) is 1.61. The number of hydrogen-bond donors (Lipinski definition) is 2. The molecule has 0 unspecified atom stereocenters. The van der Waals surface area contributed by atoms with Gasteiger partial charge in [-0.2, -0.15) is 0 Å². The van der Waals surface area contributed by atoms with Crippen molar-refractivity contribution in [2.24, 2.45) is 5.73 Å². The SMILES string of the molecule is CCC[C@@H](N)C(=O)N[C@@H](C)c1cccc(Cl)c1. The monoisotopic (exact) mass is 254 g/mol. The highest BCUT2D eigenvalue weighted by atomic mass is 35.5. The summed E-state index contributed by atoms with van der Waals surface area (Å²) in [4.78, 5) is 11.7. The minimum atomic E-state index is -0.429. The van der Waals surface area contributed by atoms with Gasteiger partial charge in [0.15, 0.2) is 0 Å². The summed E-state index contributed by atoms with van der Waals surface area (Å²) in [6, 6.07) is 6.94. The standard InChI is InChI=1S/C13H19ClN2O/c1-3-5-12(15)13(17)16-9(2)10-6-4-7-11(14)8-10/h4,6-9,12H,3,5,15H2,1-2H3,(H,16,17)/t9-,12+/m0/s1. The summed E-state index contributed by atoms with van der Waals surface area (Å²) < 4.78 is 0. The van der Waals surface area contributed by atoms with Gasteiger partial charge in [0.25, 0.3) is 0 Å². The lowest BCUT2D eigenvalue weighted by atomic mass is 10.1. The molecular formula is C13H19ClN2O. The van der Waals surface area contributed by atoms with Crippen LogP contribution < -0.4 is 11.1 Å². The summed E-state index contributed by atoms with van der Waals surface area (Å²) in [7, 11) is 0. The van der Waals surface area contributed by atoms with Gasteiger partial charge in [-0.1, -0.05) is 37.1 Å². The van der Waals surface area contributed by atoms with E-state index in [9.17, 15) is 4.79 Å². The summed E-state index contributed by atoms with van der Waals surface area (Å²) in [5.74, 6) is -0.112. The van der Waals surface area contributed by atoms with Crippen molar-refractivity contribution < 1.29 is 4.79 Å². The summed E-state index contributed by atoms with van der Waals surface area (Å²) in [5, 5.41) is 3.55. The van der Waals surface area contributed by atoms with Crippen LogP contribution in [0.2, 0.25) is 5.02 Å². The normalized spacial score (nSPS) is 14.1. The number of nitrogens with one attached hydrogen (secondary N) is 1. The molecule has 0 fully saturated rings. The Labute approximate surface area is 107 Å². The molecule has 1 aromatic rings. The number of nitrogens with two attached hydrogens (primary N) is 1. The van der Waals surface area contributed by atoms with E-state index in [1.54, 1.807) is 0 Å². The van der Waals surface area contributed by atoms with E-state index in [1.165, 1.54) is 0 Å². The van der Waals surface area contributed by atoms with Crippen LogP contribution in [0.25, 0.3) is 0 Å². The molecule has 0 bridgehead atoms. The third kappa shape index (κ3) is 4.36. The fraction of sp³-hybridized carbons (Fsp3) is 0.462. The molecule has 0 aromatic heterocycles. The smallest absolute Gasteiger partial charge is 0.237 e. The number of carbonyl (C=O) groups is 1. The largest absolute Gasteiger partial charge is 0.348 e. The van der Waals surface area contributed by atoms with E-state index >= 15 is 0 Å². The van der Waals surface area contributed by atoms with E-state index in [-0.39, 0.29) is 11.9 Å². The molecule has 94 valence electrons. The van der Waals surface area contributed by atoms with Crippen molar-refractivity contribution in [1.82, 2.24) is 5.32 Å². The predicted octanol–water partition coefficient (Wildman–Crippen LogP) is 2.64. The van der Waals surface area contributed by atoms with Crippen molar-refractivity contribution in [3.63, 3.8) is 0 Å². The molecule has 0 saturated carbocycles. The van der Waals surface area contributed by atoms with Gasteiger partial charge in [0.1, 0.15) is 0 Å². The van der Waals surface area contributed by atoms with Gasteiger partial charge >= 0.3 is 0 Å². The molecule has 0 radical (unpaired) electrons. The third-order valence-electron chi connectivity index (χ3n) is 2.64. The second-order valence-electron chi connectivity index (χ2n) is 4.18. The average Bonchev–Trinajstić information content (AvgIpc) is 2.29. The van der Waals surface area contributed by atoms with E-state index in [0.717, 1.165) is 12.0 Å². The number of benzene rings is 1. The highest BCUT2D eigenvalue weighted by Gasteiger charge is 2.15. The van der Waals surface area contributed by atoms with E-state index in [1.807, 2.05) is 38.1 Å². The molecule has 0 spiro atoms. The Hall–Kier alpha value is -1.06. The van der Waals surface area contributed by atoms with Crippen molar-refractivity contribution in [1.29, 1.82) is 0 Å². The van der Waals surface area contributed by atoms with Gasteiger partial charge in [-0.15, -0.1) is 0 Å². The van der Waals surface area contributed by atoms with Crippen LogP contribution in [0.3, 0.4) is 0 Å². The molecule has 0 saturated heterocycles. The van der Waals surface area contributed by atoms with Crippen LogP contribution in [0.4, 0.5) is 0 Å². The van der Waals surface area contributed by atoms with Crippen LogP contribution in [0.1, 0.15) is 38.3 Å². The zero-order chi connectivity index (χ0) is 12.8. The highest BCUT2D eigenvalue weighted by Crippen LogP contribution is 2.17. The molecule has 3 N–H and O–H groups in total. The first-order valence-corrected chi connectivity index (χ1v) is 6.23. The molecule has 0 aliphatic carbocycles. The third-order valence-corrected chi connectivity index (χ3v) is 2.88. The predicted molar refractivity (Wildman–Crippen MR) is 70.9 cm³/mol. The molecule has 1 aromatic carbocycles. The summed E-state index contributed by atoms with van der Waals surface area (Å²) in [5.41, 5.74) is 6.73. The topological polar surface area (TPSA) is 55.1 Å². The Morgan fingerprint density at radius 3 is 2.82 bits per heavy atom. The Bertz CT molecular complexity index is 381. The number of halogens is 1. The number of amides is 1. The molecule has 3 nitrogen and oxygen atoms in total. The van der Waals surface area contributed by atoms with E-state index in [0.29, 0.717) is 11.4 Å². The quantitative estimate of drug-likeness (QED) is 0.849. The van der Waals surface area contributed by atoms with Gasteiger partial charge in [-0.05, 0) is 31.0 Å². The molecule has 1 rings (SSSR count). The van der Waals surface area contributed by atoms with Gasteiger partial charge < -0.3 is 11.1 Å². The lowest BCUT2D eigenvalue weighted by molar-refractivity contribution is -0.123. The van der Waals surface area contributed by atoms with E-state index in [2.05, 4.69) is 5.32 Å². The molecule has 0 aliphatic heterocycles. The van der Waals surface area contributed by atoms with Crippen molar-refractivity contribution in [2.45, 2.75) is 38.8 Å². The second-order valence-corrected chi connectivity index (χ2v) is 4.62. The minimum Gasteiger partial charge on any atom is -0.348 e.